The molecule has 2 aliphatic heterocycles. The Morgan fingerprint density at radius 2 is 1.96 bits per heavy atom. The number of aryl methyl sites for hydroxylation is 1. The molecule has 0 unspecified atom stereocenters. The van der Waals surface area contributed by atoms with E-state index >= 15 is 0 Å². The van der Waals surface area contributed by atoms with Crippen molar-refractivity contribution in [3.63, 3.8) is 0 Å². The first kappa shape index (κ1) is 15.6. The Hall–Kier alpha value is -1.93. The minimum absolute atomic E-state index is 0.384. The van der Waals surface area contributed by atoms with Crippen molar-refractivity contribution in [3.05, 3.63) is 35.4 Å². The van der Waals surface area contributed by atoms with Gasteiger partial charge in [-0.25, -0.2) is 13.2 Å². The largest absolute Gasteiger partial charge is 0.390 e. The quantitative estimate of drug-likeness (QED) is 0.690. The van der Waals surface area contributed by atoms with E-state index in [1.807, 2.05) is 24.3 Å². The molecule has 0 saturated carbocycles. The summed E-state index contributed by atoms with van der Waals surface area (Å²) in [5, 5.41) is 12.8. The van der Waals surface area contributed by atoms with E-state index in [2.05, 4.69) is 5.32 Å². The number of imide groups is 1. The van der Waals surface area contributed by atoms with Gasteiger partial charge in [-0.3, -0.25) is 9.69 Å². The van der Waals surface area contributed by atoms with Gasteiger partial charge in [0.1, 0.15) is 5.54 Å². The average molecular weight is 350 g/mol. The molecule has 128 valence electrons. The second-order valence-corrected chi connectivity index (χ2v) is 8.89. The fourth-order valence-electron chi connectivity index (χ4n) is 4.14. The van der Waals surface area contributed by atoms with Crippen LogP contribution in [0.4, 0.5) is 4.79 Å². The molecular formula is C16H18N2O5S. The van der Waals surface area contributed by atoms with Gasteiger partial charge in [0.25, 0.3) is 5.91 Å². The van der Waals surface area contributed by atoms with Crippen molar-refractivity contribution in [2.45, 2.75) is 36.9 Å². The van der Waals surface area contributed by atoms with E-state index in [9.17, 15) is 23.1 Å². The number of rotatable bonds is 1. The number of benzene rings is 1. The van der Waals surface area contributed by atoms with Crippen LogP contribution in [-0.2, 0) is 26.6 Å². The molecule has 3 aliphatic rings. The topological polar surface area (TPSA) is 104 Å². The van der Waals surface area contributed by atoms with Gasteiger partial charge in [-0.1, -0.05) is 24.3 Å². The van der Waals surface area contributed by atoms with Gasteiger partial charge in [-0.15, -0.1) is 0 Å². The zero-order valence-corrected chi connectivity index (χ0v) is 13.8. The summed E-state index contributed by atoms with van der Waals surface area (Å²) >= 11 is 0. The van der Waals surface area contributed by atoms with Gasteiger partial charge in [-0.2, -0.15) is 0 Å². The average Bonchev–Trinajstić information content (AvgIpc) is 2.93. The van der Waals surface area contributed by atoms with Crippen LogP contribution in [0.25, 0.3) is 0 Å². The van der Waals surface area contributed by atoms with Crippen molar-refractivity contribution in [3.8, 4) is 0 Å². The lowest BCUT2D eigenvalue weighted by Gasteiger charge is -2.34. The summed E-state index contributed by atoms with van der Waals surface area (Å²) < 4.78 is 23.5. The van der Waals surface area contributed by atoms with Crippen LogP contribution in [0.15, 0.2) is 24.3 Å². The third-order valence-corrected chi connectivity index (χ3v) is 6.92. The number of aliphatic hydroxyl groups is 1. The Kier molecular flexibility index (Phi) is 3.27. The van der Waals surface area contributed by atoms with Gasteiger partial charge in [0.2, 0.25) is 0 Å². The molecule has 8 heteroatoms. The molecule has 1 spiro atoms. The van der Waals surface area contributed by atoms with Crippen molar-refractivity contribution in [2.24, 2.45) is 0 Å². The predicted octanol–water partition coefficient (Wildman–Crippen LogP) is -0.0721. The van der Waals surface area contributed by atoms with Gasteiger partial charge >= 0.3 is 6.03 Å². The summed E-state index contributed by atoms with van der Waals surface area (Å²) in [6, 6.07) is 5.84. The van der Waals surface area contributed by atoms with Crippen LogP contribution in [0, 0.1) is 0 Å². The number of aliphatic hydroxyl groups excluding tert-OH is 1. The van der Waals surface area contributed by atoms with E-state index in [4.69, 9.17) is 0 Å². The lowest BCUT2D eigenvalue weighted by atomic mass is 9.76. The van der Waals surface area contributed by atoms with Gasteiger partial charge in [0, 0.05) is 0 Å². The summed E-state index contributed by atoms with van der Waals surface area (Å²) in [4.78, 5) is 26.6. The van der Waals surface area contributed by atoms with E-state index in [1.165, 1.54) is 0 Å². The molecule has 1 aliphatic carbocycles. The van der Waals surface area contributed by atoms with Crippen LogP contribution < -0.4 is 5.32 Å². The van der Waals surface area contributed by atoms with E-state index in [0.717, 1.165) is 28.9 Å². The van der Waals surface area contributed by atoms with Crippen LogP contribution in [0.1, 0.15) is 24.0 Å². The monoisotopic (exact) mass is 350 g/mol. The summed E-state index contributed by atoms with van der Waals surface area (Å²) in [6.45, 7) is 0. The van der Waals surface area contributed by atoms with E-state index < -0.39 is 45.2 Å². The lowest BCUT2D eigenvalue weighted by Crippen LogP contribution is -2.49. The molecule has 2 fully saturated rings. The van der Waals surface area contributed by atoms with Crippen LogP contribution in [0.5, 0.6) is 0 Å². The highest BCUT2D eigenvalue weighted by molar-refractivity contribution is 7.91. The zero-order valence-electron chi connectivity index (χ0n) is 12.9. The molecule has 7 nitrogen and oxygen atoms in total. The number of hydrogen-bond acceptors (Lipinski definition) is 5. The Morgan fingerprint density at radius 3 is 2.67 bits per heavy atom. The van der Waals surface area contributed by atoms with Crippen LogP contribution in [0.3, 0.4) is 0 Å². The van der Waals surface area contributed by atoms with Crippen molar-refractivity contribution in [2.75, 3.05) is 11.5 Å². The molecule has 2 saturated heterocycles. The number of fused-ring (bicyclic) bond motifs is 2. The summed E-state index contributed by atoms with van der Waals surface area (Å²) in [7, 11) is -3.46. The fraction of sp³-hybridized carbons (Fsp3) is 0.500. The number of carbonyl (C=O) groups excluding carboxylic acids is 2. The summed E-state index contributed by atoms with van der Waals surface area (Å²) in [5.41, 5.74) is 0.643. The number of urea groups is 1. The SMILES string of the molecule is O=C1N[C@@]2(CCCc3ccccc32)C(=O)N1[C@@H]1CS(=O)(=O)C[C@@H]1O. The van der Waals surface area contributed by atoms with E-state index in [1.54, 1.807) is 0 Å². The maximum atomic E-state index is 13.1. The molecule has 0 aromatic heterocycles. The molecular weight excluding hydrogens is 332 g/mol. The molecule has 3 amide bonds. The van der Waals surface area contributed by atoms with E-state index in [0.29, 0.717) is 6.42 Å². The number of hydrogen-bond donors (Lipinski definition) is 2. The molecule has 2 N–H and O–H groups in total. The lowest BCUT2D eigenvalue weighted by molar-refractivity contribution is -0.134. The number of carbonyl (C=O) groups is 2. The van der Waals surface area contributed by atoms with Gasteiger partial charge in [0.05, 0.1) is 23.7 Å². The molecule has 3 atom stereocenters. The molecule has 0 radical (unpaired) electrons. The van der Waals surface area contributed by atoms with Gasteiger partial charge in [0.15, 0.2) is 9.84 Å². The second-order valence-electron chi connectivity index (χ2n) is 6.73. The molecule has 1 aromatic carbocycles. The highest BCUT2D eigenvalue weighted by Gasteiger charge is 2.58. The number of nitrogens with one attached hydrogen (secondary N) is 1. The Bertz CT molecular complexity index is 837. The zero-order chi connectivity index (χ0) is 17.1. The second kappa shape index (κ2) is 5.03. The van der Waals surface area contributed by atoms with Crippen LogP contribution >= 0.6 is 0 Å². The van der Waals surface area contributed by atoms with Crippen molar-refractivity contribution in [1.29, 1.82) is 0 Å². The number of sulfone groups is 1. The highest BCUT2D eigenvalue weighted by atomic mass is 32.2. The normalized spacial score (nSPS) is 34.5. The summed E-state index contributed by atoms with van der Waals surface area (Å²) in [5.74, 6) is -1.26. The predicted molar refractivity (Wildman–Crippen MR) is 84.9 cm³/mol. The Morgan fingerprint density at radius 1 is 1.21 bits per heavy atom. The minimum Gasteiger partial charge on any atom is -0.390 e. The maximum Gasteiger partial charge on any atom is 0.325 e. The molecule has 1 aromatic rings. The number of nitrogens with zero attached hydrogens (tertiary/aromatic N) is 1. The first-order chi connectivity index (χ1) is 11.3. The first-order valence-electron chi connectivity index (χ1n) is 7.97. The van der Waals surface area contributed by atoms with Crippen molar-refractivity contribution >= 4 is 21.8 Å². The van der Waals surface area contributed by atoms with E-state index in [-0.39, 0.29) is 5.75 Å². The number of amides is 3. The smallest absolute Gasteiger partial charge is 0.325 e. The first-order valence-corrected chi connectivity index (χ1v) is 9.79. The molecule has 2 heterocycles. The third-order valence-electron chi connectivity index (χ3n) is 5.22. The Labute approximate surface area is 139 Å². The maximum absolute atomic E-state index is 13.1. The highest BCUT2D eigenvalue weighted by Crippen LogP contribution is 2.41. The fourth-order valence-corrected chi connectivity index (χ4v) is 5.91. The summed E-state index contributed by atoms with van der Waals surface area (Å²) in [6.07, 6.45) is 0.823. The van der Waals surface area contributed by atoms with Crippen molar-refractivity contribution < 1.29 is 23.1 Å². The minimum atomic E-state index is -3.46. The third kappa shape index (κ3) is 2.09. The Balaban J connectivity index is 1.76. The van der Waals surface area contributed by atoms with Gasteiger partial charge < -0.3 is 10.4 Å². The van der Waals surface area contributed by atoms with Crippen LogP contribution in [-0.4, -0.2) is 54.0 Å². The van der Waals surface area contributed by atoms with Crippen LogP contribution in [0.2, 0.25) is 0 Å². The molecule has 0 bridgehead atoms. The van der Waals surface area contributed by atoms with Gasteiger partial charge in [-0.05, 0) is 30.4 Å². The standard InChI is InChI=1S/C16H18N2O5S/c19-13-9-24(22,23)8-12(13)18-14(20)16(17-15(18)21)7-3-5-10-4-1-2-6-11(10)16/h1-2,4,6,12-13,19H,3,5,7-9H2,(H,17,21)/t12-,13+,16-/m1/s1. The molecule has 4 rings (SSSR count). The van der Waals surface area contributed by atoms with Crippen molar-refractivity contribution in [1.82, 2.24) is 10.2 Å². The molecule has 24 heavy (non-hydrogen) atoms.